The van der Waals surface area contributed by atoms with Crippen molar-refractivity contribution in [1.29, 1.82) is 0 Å². The molecule has 0 saturated heterocycles. The monoisotopic (exact) mass is 1300 g/mol. The summed E-state index contributed by atoms with van der Waals surface area (Å²) in [5.41, 5.74) is 7.64. The van der Waals surface area contributed by atoms with E-state index in [1.807, 2.05) is 83.1 Å². The number of rotatable bonds is 27. The van der Waals surface area contributed by atoms with Crippen LogP contribution in [-0.2, 0) is 33.5 Å². The van der Waals surface area contributed by atoms with Gasteiger partial charge in [0.15, 0.2) is 13.0 Å². The van der Waals surface area contributed by atoms with Crippen LogP contribution in [0.1, 0.15) is 268 Å². The Hall–Kier alpha value is -6.16. The summed E-state index contributed by atoms with van der Waals surface area (Å²) in [7, 11) is 0. The fourth-order valence-electron chi connectivity index (χ4n) is 7.09. The van der Waals surface area contributed by atoms with Gasteiger partial charge >= 0.3 is 12.2 Å². The highest BCUT2D eigenvalue weighted by molar-refractivity contribution is 5.84. The van der Waals surface area contributed by atoms with Gasteiger partial charge in [-0.2, -0.15) is 0 Å². The standard InChI is InChI=1S/C18H30N2O6.C15H22O3.C15H24O2.C11H16.C10H14O.9CH4/c1-14(2)22-9-10-24-18(21)20-17-7-5-16(6-8-17)19-13-26-25-12-11-23-15(3)4;1-6-11(2)12-7-9-13(10-8-12)17-14(16)18-15(3,4)5;1-5-12(4)13-8-10-14(11-9-13)17-15(6-2)16-7-3;1-4-10(3)11-7-5-9(2)6-8-11;1-3-8(2)9-4-6-10(11)7-5-9;;;;;;;;;/h5-8,14-15,19H,9-13H2,1-4H3,(H,20,21);7-11H,6H2,1-5H3;8-12,15H,5-7H2,1-4H3;5-8,10H,4H2,1-3H3;4-8,11H,3H2,1-2H3;9*1H4. The van der Waals surface area contributed by atoms with Crippen LogP contribution >= 0.6 is 0 Å². The quantitative estimate of drug-likeness (QED) is 0.0114. The molecule has 0 aliphatic heterocycles. The summed E-state index contributed by atoms with van der Waals surface area (Å²) in [4.78, 5) is 33.1. The lowest BCUT2D eigenvalue weighted by molar-refractivity contribution is -0.295. The summed E-state index contributed by atoms with van der Waals surface area (Å²) in [6.07, 6.45) is 4.46. The SMILES string of the molecule is C.C.C.C.C.C.C.C.C.CC(C)OCCOOCNc1ccc(NC(=O)OCCOC(C)C)cc1.CCC(C)c1ccc(C)cc1.CCC(C)c1ccc(O)cc1.CCC(C)c1ccc(OC(=O)OC(C)(C)C)cc1.CCOC(CC)Oc1ccc(C(C)CC)cc1. The zero-order chi connectivity index (χ0) is 62.2. The molecule has 0 radical (unpaired) electrons. The zero-order valence-electron chi connectivity index (χ0n) is 53.8. The summed E-state index contributed by atoms with van der Waals surface area (Å²) < 4.78 is 37.0. The van der Waals surface area contributed by atoms with E-state index in [9.17, 15) is 9.59 Å². The van der Waals surface area contributed by atoms with Crippen molar-refractivity contribution < 1.29 is 57.6 Å². The number of benzene rings is 5. The number of aryl methyl sites for hydroxylation is 1. The Labute approximate surface area is 566 Å². The van der Waals surface area contributed by atoms with Gasteiger partial charge in [-0.1, -0.05) is 195 Å². The van der Waals surface area contributed by atoms with E-state index in [0.29, 0.717) is 67.3 Å². The lowest BCUT2D eigenvalue weighted by Gasteiger charge is -2.18. The second-order valence-corrected chi connectivity index (χ2v) is 21.8. The first-order valence-corrected chi connectivity index (χ1v) is 30.0. The molecule has 1 amide bonds. The van der Waals surface area contributed by atoms with Crippen molar-refractivity contribution in [2.45, 2.75) is 271 Å². The van der Waals surface area contributed by atoms with Crippen LogP contribution < -0.4 is 20.1 Å². The van der Waals surface area contributed by atoms with Crippen molar-refractivity contribution in [3.63, 3.8) is 0 Å². The van der Waals surface area contributed by atoms with E-state index in [-0.39, 0.29) is 98.7 Å². The van der Waals surface area contributed by atoms with Crippen LogP contribution in [0.5, 0.6) is 17.2 Å². The minimum absolute atomic E-state index is 0. The van der Waals surface area contributed by atoms with Gasteiger partial charge in [0.05, 0.1) is 25.4 Å². The van der Waals surface area contributed by atoms with E-state index in [4.69, 9.17) is 48.0 Å². The normalized spacial score (nSPS) is 11.4. The van der Waals surface area contributed by atoms with E-state index in [2.05, 4.69) is 116 Å². The fourth-order valence-corrected chi connectivity index (χ4v) is 7.09. The number of hydrogen-bond donors (Lipinski definition) is 3. The number of aromatic hydroxyl groups is 1. The summed E-state index contributed by atoms with van der Waals surface area (Å²) in [5, 5.41) is 14.7. The molecule has 0 aliphatic rings. The summed E-state index contributed by atoms with van der Waals surface area (Å²) in [6.45, 7) is 39.3. The van der Waals surface area contributed by atoms with Gasteiger partial charge in [0, 0.05) is 24.4 Å². The number of nitrogens with one attached hydrogen (secondary N) is 2. The van der Waals surface area contributed by atoms with E-state index in [1.165, 1.54) is 34.2 Å². The maximum atomic E-state index is 11.6. The first-order chi connectivity index (χ1) is 39.5. The number of ether oxygens (including phenoxy) is 7. The van der Waals surface area contributed by atoms with Gasteiger partial charge in [-0.05, 0) is 195 Å². The Balaban J connectivity index is -0.000000135. The molecule has 0 saturated carbocycles. The molecular formula is C78H142N2O12. The van der Waals surface area contributed by atoms with Gasteiger partial charge in [-0.3, -0.25) is 5.32 Å². The van der Waals surface area contributed by atoms with Crippen LogP contribution in [0.3, 0.4) is 0 Å². The molecule has 5 aromatic rings. The van der Waals surface area contributed by atoms with Crippen LogP contribution in [0.15, 0.2) is 121 Å². The zero-order valence-corrected chi connectivity index (χ0v) is 53.8. The number of phenolic OH excluding ortho intramolecular Hbond substituents is 1. The molecule has 5 atom stereocenters. The molecule has 0 fully saturated rings. The van der Waals surface area contributed by atoms with Crippen molar-refractivity contribution in [2.24, 2.45) is 0 Å². The van der Waals surface area contributed by atoms with Crippen molar-refractivity contribution in [3.8, 4) is 17.2 Å². The van der Waals surface area contributed by atoms with Crippen LogP contribution in [0, 0.1) is 6.92 Å². The number of carbonyl (C=O) groups is 2. The highest BCUT2D eigenvalue weighted by Gasteiger charge is 2.18. The van der Waals surface area contributed by atoms with Gasteiger partial charge in [0.2, 0.25) is 0 Å². The number of hydrogen-bond acceptors (Lipinski definition) is 13. The molecule has 5 rings (SSSR count). The van der Waals surface area contributed by atoms with Gasteiger partial charge in [0.25, 0.3) is 0 Å². The molecule has 5 unspecified atom stereocenters. The average molecular weight is 1300 g/mol. The average Bonchev–Trinajstić information content (AvgIpc) is 2.98. The Bertz CT molecular complexity index is 2340. The Morgan fingerprint density at radius 3 is 1.22 bits per heavy atom. The number of amides is 1. The number of anilines is 2. The topological polar surface area (TPSA) is 161 Å². The summed E-state index contributed by atoms with van der Waals surface area (Å²) in [5.74, 6) is 4.16. The molecule has 3 N–H and O–H groups in total. The Kier molecular flexibility index (Phi) is 69.4. The van der Waals surface area contributed by atoms with E-state index >= 15 is 0 Å². The molecule has 0 aromatic heterocycles. The second-order valence-electron chi connectivity index (χ2n) is 21.8. The smallest absolute Gasteiger partial charge is 0.508 e. The lowest BCUT2D eigenvalue weighted by Crippen LogP contribution is -2.25. The van der Waals surface area contributed by atoms with E-state index in [0.717, 1.165) is 37.1 Å². The van der Waals surface area contributed by atoms with E-state index in [1.54, 1.807) is 57.2 Å². The molecule has 0 heterocycles. The number of phenols is 1. The third kappa shape index (κ3) is 50.4. The summed E-state index contributed by atoms with van der Waals surface area (Å²) in [6, 6.07) is 39.3. The van der Waals surface area contributed by atoms with Crippen LogP contribution in [-0.4, -0.2) is 81.2 Å². The molecule has 536 valence electrons. The predicted molar refractivity (Wildman–Crippen MR) is 400 cm³/mol. The fraction of sp³-hybridized carbons (Fsp3) is 0.590. The van der Waals surface area contributed by atoms with E-state index < -0.39 is 17.8 Å². The largest absolute Gasteiger partial charge is 0.514 e. The maximum Gasteiger partial charge on any atom is 0.514 e. The molecule has 14 heteroatoms. The lowest BCUT2D eigenvalue weighted by atomic mass is 9.98. The van der Waals surface area contributed by atoms with Crippen molar-refractivity contribution in [3.05, 3.63) is 149 Å². The van der Waals surface area contributed by atoms with Gasteiger partial charge in [-0.25, -0.2) is 19.4 Å². The molecule has 14 nitrogen and oxygen atoms in total. The number of carbonyl (C=O) groups excluding carboxylic acids is 2. The van der Waals surface area contributed by atoms with Gasteiger partial charge in [0.1, 0.15) is 36.1 Å². The van der Waals surface area contributed by atoms with Crippen molar-refractivity contribution in [2.75, 3.05) is 50.4 Å². The Morgan fingerprint density at radius 2 is 0.837 bits per heavy atom. The second kappa shape index (κ2) is 61.0. The van der Waals surface area contributed by atoms with Crippen LogP contribution in [0.2, 0.25) is 0 Å². The minimum atomic E-state index is -0.668. The third-order valence-corrected chi connectivity index (χ3v) is 12.9. The van der Waals surface area contributed by atoms with Crippen molar-refractivity contribution in [1.82, 2.24) is 0 Å². The first kappa shape index (κ1) is 105. The molecular weight excluding hydrogens is 1160 g/mol. The minimum Gasteiger partial charge on any atom is -0.508 e. The molecule has 0 spiro atoms. The van der Waals surface area contributed by atoms with Crippen LogP contribution in [0.25, 0.3) is 0 Å². The highest BCUT2D eigenvalue weighted by atomic mass is 17.2. The summed E-state index contributed by atoms with van der Waals surface area (Å²) >= 11 is 0. The third-order valence-electron chi connectivity index (χ3n) is 12.9. The molecule has 0 aliphatic carbocycles. The van der Waals surface area contributed by atoms with Crippen molar-refractivity contribution >= 4 is 23.6 Å². The van der Waals surface area contributed by atoms with Gasteiger partial charge < -0.3 is 43.6 Å². The van der Waals surface area contributed by atoms with Crippen LogP contribution in [0.4, 0.5) is 21.0 Å². The highest BCUT2D eigenvalue weighted by Crippen LogP contribution is 2.25. The molecule has 0 bridgehead atoms. The molecule has 92 heavy (non-hydrogen) atoms. The Morgan fingerprint density at radius 1 is 0.457 bits per heavy atom. The van der Waals surface area contributed by atoms with Gasteiger partial charge in [-0.15, -0.1) is 0 Å². The maximum absolute atomic E-state index is 11.6. The predicted octanol–water partition coefficient (Wildman–Crippen LogP) is 24.4. The molecule has 5 aromatic carbocycles. The first-order valence-electron chi connectivity index (χ1n) is 30.0.